The van der Waals surface area contributed by atoms with E-state index in [9.17, 15) is 5.11 Å². The second-order valence-corrected chi connectivity index (χ2v) is 3.49. The third-order valence-corrected chi connectivity index (χ3v) is 2.54. The molecule has 1 radical (unpaired) electrons. The molecule has 3 heteroatoms. The lowest BCUT2D eigenvalue weighted by atomic mass is 10.1. The fraction of sp³-hybridized carbons (Fsp3) is 0.455. The first-order valence-electron chi connectivity index (χ1n) is 4.97. The standard InChI is InChI=1S/C11H15N2O/c14-11(10-4-2-1-3-5-10)13-8-6-12-7-9-13/h2-5,11-12,14H,6-9H2. The Morgan fingerprint density at radius 1 is 1.29 bits per heavy atom. The van der Waals surface area contributed by atoms with Crippen molar-refractivity contribution in [1.29, 1.82) is 0 Å². The molecule has 1 aliphatic heterocycles. The highest BCUT2D eigenvalue weighted by Crippen LogP contribution is 2.16. The van der Waals surface area contributed by atoms with Crippen LogP contribution in [0.5, 0.6) is 0 Å². The van der Waals surface area contributed by atoms with Gasteiger partial charge in [-0.3, -0.25) is 4.90 Å². The van der Waals surface area contributed by atoms with Gasteiger partial charge < -0.3 is 10.4 Å². The van der Waals surface area contributed by atoms with Gasteiger partial charge in [0.1, 0.15) is 6.23 Å². The van der Waals surface area contributed by atoms with Gasteiger partial charge in [-0.15, -0.1) is 0 Å². The summed E-state index contributed by atoms with van der Waals surface area (Å²) in [5, 5.41) is 13.3. The van der Waals surface area contributed by atoms with Gasteiger partial charge >= 0.3 is 0 Å². The largest absolute Gasteiger partial charge is 0.374 e. The molecule has 1 aromatic rings. The molecule has 75 valence electrons. The maximum atomic E-state index is 10.0. The number of piperazine rings is 1. The van der Waals surface area contributed by atoms with Crippen molar-refractivity contribution in [3.05, 3.63) is 35.9 Å². The topological polar surface area (TPSA) is 35.5 Å². The Hall–Kier alpha value is -0.900. The molecule has 1 saturated heterocycles. The van der Waals surface area contributed by atoms with Crippen LogP contribution in [0.4, 0.5) is 0 Å². The molecule has 1 heterocycles. The smallest absolute Gasteiger partial charge is 0.133 e. The van der Waals surface area contributed by atoms with Crippen LogP contribution in [0.15, 0.2) is 24.3 Å². The first-order chi connectivity index (χ1) is 6.88. The number of rotatable bonds is 2. The quantitative estimate of drug-likeness (QED) is 0.709. The Kier molecular flexibility index (Phi) is 3.14. The summed E-state index contributed by atoms with van der Waals surface area (Å²) in [6.45, 7) is 3.71. The van der Waals surface area contributed by atoms with Crippen LogP contribution in [0.25, 0.3) is 0 Å². The van der Waals surface area contributed by atoms with E-state index in [1.807, 2.05) is 24.3 Å². The lowest BCUT2D eigenvalue weighted by Crippen LogP contribution is -2.45. The molecule has 2 rings (SSSR count). The van der Waals surface area contributed by atoms with Crippen LogP contribution in [0, 0.1) is 6.07 Å². The van der Waals surface area contributed by atoms with Crippen molar-refractivity contribution < 1.29 is 5.11 Å². The maximum absolute atomic E-state index is 10.0. The molecular weight excluding hydrogens is 176 g/mol. The monoisotopic (exact) mass is 191 g/mol. The summed E-state index contributed by atoms with van der Waals surface area (Å²) in [6.07, 6.45) is -0.466. The summed E-state index contributed by atoms with van der Waals surface area (Å²) < 4.78 is 0. The Morgan fingerprint density at radius 2 is 1.93 bits per heavy atom. The molecule has 1 unspecified atom stereocenters. The molecule has 1 aromatic carbocycles. The van der Waals surface area contributed by atoms with Crippen LogP contribution in [-0.4, -0.2) is 36.2 Å². The van der Waals surface area contributed by atoms with E-state index in [4.69, 9.17) is 0 Å². The second kappa shape index (κ2) is 4.55. The molecule has 14 heavy (non-hydrogen) atoms. The number of hydrogen-bond acceptors (Lipinski definition) is 3. The van der Waals surface area contributed by atoms with Crippen molar-refractivity contribution in [2.45, 2.75) is 6.23 Å². The molecule has 1 fully saturated rings. The Bertz CT molecular complexity index is 270. The normalized spacial score (nSPS) is 20.6. The summed E-state index contributed by atoms with van der Waals surface area (Å²) in [5.74, 6) is 0. The summed E-state index contributed by atoms with van der Waals surface area (Å²) in [6, 6.07) is 10.4. The van der Waals surface area contributed by atoms with Crippen molar-refractivity contribution >= 4 is 0 Å². The van der Waals surface area contributed by atoms with E-state index in [1.54, 1.807) is 0 Å². The molecular formula is C11H15N2O. The van der Waals surface area contributed by atoms with E-state index >= 15 is 0 Å². The second-order valence-electron chi connectivity index (χ2n) is 3.49. The lowest BCUT2D eigenvalue weighted by molar-refractivity contribution is -0.00545. The van der Waals surface area contributed by atoms with Crippen LogP contribution in [0.2, 0.25) is 0 Å². The third kappa shape index (κ3) is 2.12. The van der Waals surface area contributed by atoms with Gasteiger partial charge in [-0.25, -0.2) is 0 Å². The fourth-order valence-electron chi connectivity index (χ4n) is 1.71. The van der Waals surface area contributed by atoms with Gasteiger partial charge in [0, 0.05) is 26.2 Å². The molecule has 0 spiro atoms. The summed E-state index contributed by atoms with van der Waals surface area (Å²) in [4.78, 5) is 2.08. The van der Waals surface area contributed by atoms with Gasteiger partial charge in [0.25, 0.3) is 0 Å². The van der Waals surface area contributed by atoms with Crippen molar-refractivity contribution in [2.75, 3.05) is 26.2 Å². The van der Waals surface area contributed by atoms with Crippen LogP contribution in [-0.2, 0) is 0 Å². The zero-order chi connectivity index (χ0) is 9.80. The summed E-state index contributed by atoms with van der Waals surface area (Å²) in [7, 11) is 0. The summed E-state index contributed by atoms with van der Waals surface area (Å²) in [5.41, 5.74) is 0.950. The van der Waals surface area contributed by atoms with Gasteiger partial charge in [-0.1, -0.05) is 24.3 Å². The first-order valence-corrected chi connectivity index (χ1v) is 4.97. The average molecular weight is 191 g/mol. The Labute approximate surface area is 84.4 Å². The van der Waals surface area contributed by atoms with Crippen molar-refractivity contribution in [2.24, 2.45) is 0 Å². The van der Waals surface area contributed by atoms with Crippen molar-refractivity contribution in [1.82, 2.24) is 10.2 Å². The Morgan fingerprint density at radius 3 is 2.57 bits per heavy atom. The minimum Gasteiger partial charge on any atom is -0.374 e. The van der Waals surface area contributed by atoms with E-state index in [-0.39, 0.29) is 0 Å². The van der Waals surface area contributed by atoms with Crippen LogP contribution >= 0.6 is 0 Å². The molecule has 0 saturated carbocycles. The highest BCUT2D eigenvalue weighted by molar-refractivity contribution is 5.16. The minimum atomic E-state index is -0.466. The number of aliphatic hydroxyl groups excluding tert-OH is 1. The zero-order valence-electron chi connectivity index (χ0n) is 8.11. The molecule has 0 aliphatic carbocycles. The molecule has 1 aliphatic rings. The van der Waals surface area contributed by atoms with Crippen LogP contribution in [0.1, 0.15) is 11.8 Å². The molecule has 0 aromatic heterocycles. The average Bonchev–Trinajstić information content (AvgIpc) is 2.30. The van der Waals surface area contributed by atoms with Gasteiger partial charge in [-0.2, -0.15) is 0 Å². The molecule has 1 atom stereocenters. The third-order valence-electron chi connectivity index (χ3n) is 2.54. The zero-order valence-corrected chi connectivity index (χ0v) is 8.11. The number of nitrogens with one attached hydrogen (secondary N) is 1. The van der Waals surface area contributed by atoms with Gasteiger partial charge in [0.2, 0.25) is 0 Å². The van der Waals surface area contributed by atoms with Crippen LogP contribution in [0.3, 0.4) is 0 Å². The van der Waals surface area contributed by atoms with E-state index in [0.29, 0.717) is 0 Å². The fourth-order valence-corrected chi connectivity index (χ4v) is 1.71. The first kappa shape index (κ1) is 9.65. The number of nitrogens with zero attached hydrogens (tertiary/aromatic N) is 1. The highest BCUT2D eigenvalue weighted by Gasteiger charge is 2.18. The summed E-state index contributed by atoms with van der Waals surface area (Å²) >= 11 is 0. The van der Waals surface area contributed by atoms with Crippen molar-refractivity contribution in [3.8, 4) is 0 Å². The van der Waals surface area contributed by atoms with E-state index in [2.05, 4.69) is 16.3 Å². The predicted octanol–water partition coefficient (Wildman–Crippen LogP) is 0.383. The van der Waals surface area contributed by atoms with Crippen molar-refractivity contribution in [3.63, 3.8) is 0 Å². The Balaban J connectivity index is 2.03. The maximum Gasteiger partial charge on any atom is 0.133 e. The SMILES string of the molecule is OC(c1cc[c]cc1)N1CCNCC1. The molecule has 3 nitrogen and oxygen atoms in total. The van der Waals surface area contributed by atoms with E-state index < -0.39 is 6.23 Å². The number of aliphatic hydroxyl groups is 1. The number of benzene rings is 1. The van der Waals surface area contributed by atoms with Gasteiger partial charge in [-0.05, 0) is 11.6 Å². The molecule has 0 amide bonds. The minimum absolute atomic E-state index is 0.466. The lowest BCUT2D eigenvalue weighted by Gasteiger charge is -2.31. The number of hydrogen-bond donors (Lipinski definition) is 2. The molecule has 0 bridgehead atoms. The van der Waals surface area contributed by atoms with Gasteiger partial charge in [0.15, 0.2) is 0 Å². The molecule has 2 N–H and O–H groups in total. The predicted molar refractivity (Wildman–Crippen MR) is 54.7 cm³/mol. The van der Waals surface area contributed by atoms with Crippen LogP contribution < -0.4 is 5.32 Å². The van der Waals surface area contributed by atoms with Gasteiger partial charge in [0.05, 0.1) is 0 Å². The van der Waals surface area contributed by atoms with E-state index in [0.717, 1.165) is 31.7 Å². The van der Waals surface area contributed by atoms with E-state index in [1.165, 1.54) is 0 Å². The highest BCUT2D eigenvalue weighted by atomic mass is 16.3.